The van der Waals surface area contributed by atoms with Crippen LogP contribution in [0.15, 0.2) is 140 Å². The van der Waals surface area contributed by atoms with Gasteiger partial charge in [-0.05, 0) is 53.6 Å². The quantitative estimate of drug-likeness (QED) is 0.199. The molecule has 0 aliphatic rings. The molecule has 10 aromatic rings. The van der Waals surface area contributed by atoms with Gasteiger partial charge >= 0.3 is 0 Å². The number of aromatic nitrogens is 3. The van der Waals surface area contributed by atoms with E-state index in [-0.39, 0.29) is 0 Å². The monoisotopic (exact) mass is 609 g/mol. The molecule has 0 atom stereocenters. The first kappa shape index (κ1) is 25.0. The summed E-state index contributed by atoms with van der Waals surface area (Å²) in [7, 11) is 0. The molecule has 0 unspecified atom stereocenters. The van der Waals surface area contributed by atoms with Gasteiger partial charge in [-0.2, -0.15) is 0 Å². The average molecular weight is 610 g/mol. The van der Waals surface area contributed by atoms with E-state index in [2.05, 4.69) is 138 Å². The minimum atomic E-state index is 0.881. The third-order valence-electron chi connectivity index (χ3n) is 8.88. The van der Waals surface area contributed by atoms with Crippen molar-refractivity contribution in [3.8, 4) is 28.1 Å². The van der Waals surface area contributed by atoms with Gasteiger partial charge in [-0.25, -0.2) is 4.98 Å². The molecule has 0 saturated heterocycles. The van der Waals surface area contributed by atoms with Crippen LogP contribution < -0.4 is 0 Å². The topological polar surface area (TPSA) is 30.7 Å². The third-order valence-corrected chi connectivity index (χ3v) is 11.2. The van der Waals surface area contributed by atoms with E-state index in [0.29, 0.717) is 0 Å². The minimum absolute atomic E-state index is 0.881. The average Bonchev–Trinajstić information content (AvgIpc) is 3.77. The highest BCUT2D eigenvalue weighted by Crippen LogP contribution is 2.42. The van der Waals surface area contributed by atoms with E-state index >= 15 is 0 Å². The number of thiophene rings is 2. The molecule has 3 nitrogen and oxygen atoms in total. The van der Waals surface area contributed by atoms with Crippen LogP contribution in [0.3, 0.4) is 0 Å². The van der Waals surface area contributed by atoms with Crippen LogP contribution in [0.5, 0.6) is 0 Å². The number of hydrogen-bond acceptors (Lipinski definition) is 4. The summed E-state index contributed by atoms with van der Waals surface area (Å²) in [5, 5.41) is 6.31. The Morgan fingerprint density at radius 2 is 1.22 bits per heavy atom. The van der Waals surface area contributed by atoms with E-state index in [1.807, 2.05) is 17.5 Å². The molecular weight excluding hydrogens is 587 g/mol. The van der Waals surface area contributed by atoms with Crippen LogP contribution in [0.25, 0.3) is 90.5 Å². The van der Waals surface area contributed by atoms with Crippen molar-refractivity contribution in [2.24, 2.45) is 0 Å². The molecule has 4 aromatic heterocycles. The summed E-state index contributed by atoms with van der Waals surface area (Å²) in [6.45, 7) is 0. The van der Waals surface area contributed by atoms with Crippen molar-refractivity contribution in [2.45, 2.75) is 0 Å². The second-order valence-corrected chi connectivity index (χ2v) is 13.5. The molecule has 0 aliphatic carbocycles. The number of fused-ring (bicyclic) bond motifs is 9. The Morgan fingerprint density at radius 3 is 2.07 bits per heavy atom. The highest BCUT2D eigenvalue weighted by molar-refractivity contribution is 7.26. The molecule has 10 rings (SSSR count). The van der Waals surface area contributed by atoms with Crippen LogP contribution in [0.4, 0.5) is 0 Å². The predicted octanol–water partition coefficient (Wildman–Crippen LogP) is 11.6. The number of para-hydroxylation sites is 2. The highest BCUT2D eigenvalue weighted by Gasteiger charge is 2.16. The molecule has 0 spiro atoms. The lowest BCUT2D eigenvalue weighted by Gasteiger charge is -2.10. The molecule has 6 aromatic carbocycles. The van der Waals surface area contributed by atoms with Crippen LogP contribution in [-0.4, -0.2) is 14.5 Å². The van der Waals surface area contributed by atoms with Gasteiger partial charge in [0, 0.05) is 52.3 Å². The minimum Gasteiger partial charge on any atom is -0.309 e. The zero-order valence-corrected chi connectivity index (χ0v) is 25.6. The van der Waals surface area contributed by atoms with E-state index in [0.717, 1.165) is 32.7 Å². The van der Waals surface area contributed by atoms with Crippen LogP contribution in [-0.2, 0) is 0 Å². The summed E-state index contributed by atoms with van der Waals surface area (Å²) in [6, 6.07) is 48.0. The Balaban J connectivity index is 1.09. The molecule has 4 heterocycles. The van der Waals surface area contributed by atoms with Crippen LogP contribution in [0, 0.1) is 0 Å². The van der Waals surface area contributed by atoms with Gasteiger partial charge in [0.2, 0.25) is 0 Å². The first-order valence-electron chi connectivity index (χ1n) is 15.0. The smallest absolute Gasteiger partial charge is 0.143 e. The lowest BCUT2D eigenvalue weighted by molar-refractivity contribution is 1.18. The molecule has 0 bridgehead atoms. The lowest BCUT2D eigenvalue weighted by Crippen LogP contribution is -1.95. The fourth-order valence-corrected chi connectivity index (χ4v) is 9.07. The summed E-state index contributed by atoms with van der Waals surface area (Å²) >= 11 is 3.58. The number of hydrogen-bond donors (Lipinski definition) is 0. The largest absolute Gasteiger partial charge is 0.309 e. The summed E-state index contributed by atoms with van der Waals surface area (Å²) in [5.41, 5.74) is 8.88. The van der Waals surface area contributed by atoms with E-state index in [9.17, 15) is 0 Å². The Kier molecular flexibility index (Phi) is 5.32. The number of benzene rings is 6. The number of rotatable bonds is 3. The van der Waals surface area contributed by atoms with Crippen LogP contribution in [0.1, 0.15) is 0 Å². The third kappa shape index (κ3) is 3.75. The van der Waals surface area contributed by atoms with Gasteiger partial charge in [0.15, 0.2) is 0 Å². The summed E-state index contributed by atoms with van der Waals surface area (Å²) in [4.78, 5) is 11.1. The van der Waals surface area contributed by atoms with Gasteiger partial charge in [0.1, 0.15) is 10.3 Å². The molecule has 5 heteroatoms. The van der Waals surface area contributed by atoms with E-state index in [1.54, 1.807) is 11.3 Å². The summed E-state index contributed by atoms with van der Waals surface area (Å²) < 4.78 is 6.20. The fraction of sp³-hybridized carbons (Fsp3) is 0. The van der Waals surface area contributed by atoms with E-state index in [4.69, 9.17) is 9.97 Å². The van der Waals surface area contributed by atoms with Gasteiger partial charge < -0.3 is 4.57 Å². The Morgan fingerprint density at radius 1 is 0.511 bits per heavy atom. The van der Waals surface area contributed by atoms with Crippen molar-refractivity contribution in [1.29, 1.82) is 0 Å². The van der Waals surface area contributed by atoms with Gasteiger partial charge in [-0.3, -0.25) is 4.98 Å². The zero-order valence-electron chi connectivity index (χ0n) is 23.9. The summed E-state index contributed by atoms with van der Waals surface area (Å²) in [5.74, 6) is 0. The molecule has 0 radical (unpaired) electrons. The van der Waals surface area contributed by atoms with Gasteiger partial charge in [0.25, 0.3) is 0 Å². The highest BCUT2D eigenvalue weighted by atomic mass is 32.1. The first-order valence-corrected chi connectivity index (χ1v) is 16.6. The van der Waals surface area contributed by atoms with Crippen molar-refractivity contribution < 1.29 is 0 Å². The van der Waals surface area contributed by atoms with Gasteiger partial charge in [-0.1, -0.05) is 91.0 Å². The summed E-state index contributed by atoms with van der Waals surface area (Å²) in [6.07, 6.45) is 1.93. The molecule has 0 N–H and O–H groups in total. The molecule has 0 amide bonds. The maximum absolute atomic E-state index is 5.16. The van der Waals surface area contributed by atoms with E-state index in [1.165, 1.54) is 57.8 Å². The normalized spacial score (nSPS) is 12.0. The fourth-order valence-electron chi connectivity index (χ4n) is 6.82. The zero-order chi connectivity index (χ0) is 29.5. The lowest BCUT2D eigenvalue weighted by atomic mass is 10.0. The molecule has 0 aliphatic heterocycles. The van der Waals surface area contributed by atoms with Crippen LogP contribution in [0.2, 0.25) is 0 Å². The Hall–Kier alpha value is -5.36. The van der Waals surface area contributed by atoms with Crippen molar-refractivity contribution in [3.63, 3.8) is 0 Å². The van der Waals surface area contributed by atoms with Gasteiger partial charge in [-0.15, -0.1) is 22.7 Å². The Bertz CT molecular complexity index is 2730. The Labute approximate surface area is 266 Å². The molecule has 45 heavy (non-hydrogen) atoms. The van der Waals surface area contributed by atoms with Crippen LogP contribution >= 0.6 is 22.7 Å². The maximum atomic E-state index is 5.16. The van der Waals surface area contributed by atoms with Gasteiger partial charge in [0.05, 0.1) is 22.9 Å². The molecule has 0 saturated carbocycles. The molecule has 210 valence electrons. The van der Waals surface area contributed by atoms with E-state index < -0.39 is 0 Å². The van der Waals surface area contributed by atoms with Crippen molar-refractivity contribution >= 4 is 85.1 Å². The molecule has 0 fully saturated rings. The van der Waals surface area contributed by atoms with Crippen molar-refractivity contribution in [3.05, 3.63) is 140 Å². The predicted molar refractivity (Wildman–Crippen MR) is 193 cm³/mol. The maximum Gasteiger partial charge on any atom is 0.143 e. The second kappa shape index (κ2) is 9.57. The molecular formula is C40H23N3S2. The number of nitrogens with zero attached hydrogens (tertiary/aromatic N) is 3. The van der Waals surface area contributed by atoms with Crippen molar-refractivity contribution in [1.82, 2.24) is 14.5 Å². The first-order chi connectivity index (χ1) is 22.3. The second-order valence-electron chi connectivity index (χ2n) is 11.4. The SMILES string of the molecule is c1cc(-c2cnc3c(n2)sc2ccc(-c4cccc5c4sc4ccccc45)cc23)cc(-n2c3ccccc3c3ccccc32)c1. The van der Waals surface area contributed by atoms with Crippen molar-refractivity contribution in [2.75, 3.05) is 0 Å². The standard InChI is InChI=1S/C40H23N3S2/c1-4-16-34-28(11-1)29-12-2-5-17-35(29)43(34)26-10-7-9-25(21-26)33-23-41-38-32-22-24(19-20-37(32)45-40(38)42-33)27-14-8-15-31-30-13-3-6-18-36(30)44-39(27)31/h1-23H.